The minimum absolute atomic E-state index is 0.127. The number of aromatic amines is 1. The van der Waals surface area contributed by atoms with Gasteiger partial charge in [0, 0.05) is 11.1 Å². The van der Waals surface area contributed by atoms with Gasteiger partial charge < -0.3 is 14.6 Å². The lowest BCUT2D eigenvalue weighted by atomic mass is 10.2. The van der Waals surface area contributed by atoms with Crippen molar-refractivity contribution >= 4 is 35.2 Å². The highest BCUT2D eigenvalue weighted by molar-refractivity contribution is 8.00. The van der Waals surface area contributed by atoms with E-state index in [4.69, 9.17) is 4.74 Å². The summed E-state index contributed by atoms with van der Waals surface area (Å²) in [5.41, 5.74) is 1.30. The van der Waals surface area contributed by atoms with E-state index in [1.54, 1.807) is 37.6 Å². The van der Waals surface area contributed by atoms with Crippen LogP contribution in [0, 0.1) is 0 Å². The number of benzene rings is 1. The number of carbonyl (C=O) groups excluding carboxylic acids is 2. The Bertz CT molecular complexity index is 1020. The molecular formula is C18H16N6O3S. The Labute approximate surface area is 164 Å². The standard InChI is InChI=1S/C18H16N6O3S/c1-27-11-5-6-13-14(8-11)28-10-16(26)24(13)9-15(25)20-18-21-17(22-23-18)12-4-2-3-7-19-12/h2-8H,9-10H2,1H3,(H2,20,21,22,23,25). The minimum Gasteiger partial charge on any atom is -0.497 e. The van der Waals surface area contributed by atoms with Crippen molar-refractivity contribution < 1.29 is 14.3 Å². The van der Waals surface area contributed by atoms with E-state index in [1.165, 1.54) is 16.7 Å². The average Bonchev–Trinajstić information content (AvgIpc) is 3.19. The molecule has 0 fully saturated rings. The van der Waals surface area contributed by atoms with Crippen LogP contribution in [0.5, 0.6) is 5.75 Å². The molecule has 0 unspecified atom stereocenters. The third-order valence-electron chi connectivity index (χ3n) is 4.06. The predicted octanol–water partition coefficient (Wildman–Crippen LogP) is 1.95. The number of methoxy groups -OCH3 is 1. The van der Waals surface area contributed by atoms with E-state index < -0.39 is 0 Å². The second-order valence-electron chi connectivity index (χ2n) is 5.89. The molecule has 4 rings (SSSR count). The van der Waals surface area contributed by atoms with Crippen LogP contribution in [0.2, 0.25) is 0 Å². The van der Waals surface area contributed by atoms with Crippen LogP contribution in [0.3, 0.4) is 0 Å². The summed E-state index contributed by atoms with van der Waals surface area (Å²) in [7, 11) is 1.59. The molecule has 9 nitrogen and oxygen atoms in total. The van der Waals surface area contributed by atoms with Crippen molar-refractivity contribution in [3.8, 4) is 17.3 Å². The molecule has 2 aromatic heterocycles. The first-order valence-corrected chi connectivity index (χ1v) is 9.38. The molecule has 0 aliphatic carbocycles. The van der Waals surface area contributed by atoms with Crippen LogP contribution >= 0.6 is 11.8 Å². The largest absolute Gasteiger partial charge is 0.497 e. The fourth-order valence-electron chi connectivity index (χ4n) is 2.74. The number of fused-ring (bicyclic) bond motifs is 1. The Morgan fingerprint density at radius 1 is 1.32 bits per heavy atom. The van der Waals surface area contributed by atoms with Crippen molar-refractivity contribution in [2.45, 2.75) is 4.90 Å². The number of carbonyl (C=O) groups is 2. The number of thioether (sulfide) groups is 1. The first kappa shape index (κ1) is 18.0. The molecule has 10 heteroatoms. The van der Waals surface area contributed by atoms with Gasteiger partial charge >= 0.3 is 0 Å². The van der Waals surface area contributed by atoms with Crippen LogP contribution in [-0.4, -0.2) is 51.4 Å². The molecule has 0 saturated carbocycles. The Morgan fingerprint density at radius 3 is 3.00 bits per heavy atom. The molecule has 0 bridgehead atoms. The lowest BCUT2D eigenvalue weighted by Crippen LogP contribution is -2.41. The SMILES string of the molecule is COc1ccc2c(c1)SCC(=O)N2CC(=O)Nc1nnc(-c2ccccn2)[nH]1. The number of aromatic nitrogens is 4. The number of nitrogens with zero attached hydrogens (tertiary/aromatic N) is 4. The van der Waals surface area contributed by atoms with Crippen molar-refractivity contribution in [1.29, 1.82) is 0 Å². The Kier molecular flexibility index (Phi) is 4.94. The molecule has 3 heterocycles. The molecule has 2 N–H and O–H groups in total. The van der Waals surface area contributed by atoms with E-state index in [-0.39, 0.29) is 30.1 Å². The zero-order chi connectivity index (χ0) is 19.5. The summed E-state index contributed by atoms with van der Waals surface area (Å²) in [4.78, 5) is 34.2. The van der Waals surface area contributed by atoms with Gasteiger partial charge in [-0.3, -0.25) is 19.9 Å². The van der Waals surface area contributed by atoms with Gasteiger partial charge in [0.2, 0.25) is 17.8 Å². The van der Waals surface area contributed by atoms with Crippen molar-refractivity contribution in [3.63, 3.8) is 0 Å². The summed E-state index contributed by atoms with van der Waals surface area (Å²) in [6.45, 7) is -0.127. The van der Waals surface area contributed by atoms with Crippen LogP contribution in [-0.2, 0) is 9.59 Å². The number of anilines is 2. The van der Waals surface area contributed by atoms with Crippen LogP contribution in [0.4, 0.5) is 11.6 Å². The lowest BCUT2D eigenvalue weighted by molar-refractivity contribution is -0.120. The fraction of sp³-hybridized carbons (Fsp3) is 0.167. The van der Waals surface area contributed by atoms with Crippen LogP contribution in [0.25, 0.3) is 11.5 Å². The maximum Gasteiger partial charge on any atom is 0.246 e. The van der Waals surface area contributed by atoms with Crippen LogP contribution < -0.4 is 15.0 Å². The number of pyridine rings is 1. The van der Waals surface area contributed by atoms with Gasteiger partial charge in [0.1, 0.15) is 18.0 Å². The number of amides is 2. The maximum absolute atomic E-state index is 12.5. The molecule has 0 spiro atoms. The summed E-state index contributed by atoms with van der Waals surface area (Å²) in [6, 6.07) is 10.8. The Hall–Kier alpha value is -3.40. The monoisotopic (exact) mass is 396 g/mol. The molecule has 142 valence electrons. The summed E-state index contributed by atoms with van der Waals surface area (Å²) in [5, 5.41) is 10.5. The second kappa shape index (κ2) is 7.69. The quantitative estimate of drug-likeness (QED) is 0.678. The van der Waals surface area contributed by atoms with Crippen molar-refractivity contribution in [2.24, 2.45) is 0 Å². The van der Waals surface area contributed by atoms with Gasteiger partial charge in [-0.25, -0.2) is 0 Å². The Morgan fingerprint density at radius 2 is 2.21 bits per heavy atom. The van der Waals surface area contributed by atoms with E-state index in [0.717, 1.165) is 4.90 Å². The van der Waals surface area contributed by atoms with Gasteiger partial charge in [0.25, 0.3) is 0 Å². The Balaban J connectivity index is 1.47. The first-order chi connectivity index (χ1) is 13.6. The van der Waals surface area contributed by atoms with E-state index in [1.807, 2.05) is 12.1 Å². The van der Waals surface area contributed by atoms with Gasteiger partial charge in [-0.05, 0) is 30.3 Å². The normalized spacial score (nSPS) is 13.2. The van der Waals surface area contributed by atoms with Gasteiger partial charge in [-0.2, -0.15) is 0 Å². The molecule has 0 radical (unpaired) electrons. The number of hydrogen-bond donors (Lipinski definition) is 2. The van der Waals surface area contributed by atoms with E-state index in [2.05, 4.69) is 25.5 Å². The van der Waals surface area contributed by atoms with Gasteiger partial charge in [0.05, 0.1) is 18.6 Å². The van der Waals surface area contributed by atoms with Crippen molar-refractivity contribution in [1.82, 2.24) is 20.2 Å². The first-order valence-electron chi connectivity index (χ1n) is 8.39. The number of nitrogens with one attached hydrogen (secondary N) is 2. The van der Waals surface area contributed by atoms with E-state index in [9.17, 15) is 9.59 Å². The third-order valence-corrected chi connectivity index (χ3v) is 5.09. The average molecular weight is 396 g/mol. The van der Waals surface area contributed by atoms with Crippen molar-refractivity contribution in [2.75, 3.05) is 29.6 Å². The number of ether oxygens (including phenoxy) is 1. The zero-order valence-electron chi connectivity index (χ0n) is 14.9. The molecular weight excluding hydrogens is 380 g/mol. The lowest BCUT2D eigenvalue weighted by Gasteiger charge is -2.28. The van der Waals surface area contributed by atoms with E-state index in [0.29, 0.717) is 23.0 Å². The third kappa shape index (κ3) is 3.67. The summed E-state index contributed by atoms with van der Waals surface area (Å²) < 4.78 is 5.22. The highest BCUT2D eigenvalue weighted by Gasteiger charge is 2.27. The highest BCUT2D eigenvalue weighted by Crippen LogP contribution is 2.37. The number of hydrogen-bond acceptors (Lipinski definition) is 7. The zero-order valence-corrected chi connectivity index (χ0v) is 15.7. The van der Waals surface area contributed by atoms with Crippen LogP contribution in [0.15, 0.2) is 47.5 Å². The second-order valence-corrected chi connectivity index (χ2v) is 6.90. The molecule has 1 aliphatic heterocycles. The number of rotatable bonds is 5. The molecule has 1 aliphatic rings. The topological polar surface area (TPSA) is 113 Å². The molecule has 2 amide bonds. The van der Waals surface area contributed by atoms with Gasteiger partial charge in [0.15, 0.2) is 5.82 Å². The summed E-state index contributed by atoms with van der Waals surface area (Å²) >= 11 is 1.42. The predicted molar refractivity (Wildman–Crippen MR) is 104 cm³/mol. The van der Waals surface area contributed by atoms with Crippen LogP contribution in [0.1, 0.15) is 0 Å². The maximum atomic E-state index is 12.5. The molecule has 28 heavy (non-hydrogen) atoms. The molecule has 0 atom stereocenters. The molecule has 1 aromatic carbocycles. The van der Waals surface area contributed by atoms with Gasteiger partial charge in [-0.1, -0.05) is 6.07 Å². The fourth-order valence-corrected chi connectivity index (χ4v) is 3.70. The molecule has 3 aromatic rings. The summed E-state index contributed by atoms with van der Waals surface area (Å²) in [5.74, 6) is 1.08. The summed E-state index contributed by atoms with van der Waals surface area (Å²) in [6.07, 6.45) is 1.64. The smallest absolute Gasteiger partial charge is 0.246 e. The molecule has 0 saturated heterocycles. The van der Waals surface area contributed by atoms with Crippen molar-refractivity contribution in [3.05, 3.63) is 42.6 Å². The number of H-pyrrole nitrogens is 1. The van der Waals surface area contributed by atoms with Gasteiger partial charge in [-0.15, -0.1) is 22.0 Å². The minimum atomic E-state index is -0.384. The highest BCUT2D eigenvalue weighted by atomic mass is 32.2. The van der Waals surface area contributed by atoms with E-state index >= 15 is 0 Å².